The van der Waals surface area contributed by atoms with Gasteiger partial charge in [0.2, 0.25) is 0 Å². The average molecular weight is 186 g/mol. The fraction of sp³-hybridized carbons (Fsp3) is 0. The quantitative estimate of drug-likeness (QED) is 0.419. The molecule has 0 unspecified atom stereocenters. The van der Waals surface area contributed by atoms with E-state index in [9.17, 15) is 0 Å². The van der Waals surface area contributed by atoms with E-state index in [0.717, 1.165) is 0 Å². The van der Waals surface area contributed by atoms with Crippen LogP contribution in [0.25, 0.3) is 0 Å². The third-order valence-electron chi connectivity index (χ3n) is 0. The van der Waals surface area contributed by atoms with Crippen molar-refractivity contribution in [3.05, 3.63) is 15.3 Å². The zero-order chi connectivity index (χ0) is 3.58. The molecule has 0 aliphatic heterocycles. The Hall–Kier alpha value is 0.224. The molecule has 0 saturated heterocycles. The topological polar surface area (TPSA) is 133 Å². The van der Waals surface area contributed by atoms with Gasteiger partial charge in [0.25, 0.3) is 0 Å². The van der Waals surface area contributed by atoms with Gasteiger partial charge in [0.05, 0.1) is 5.09 Å². The Bertz CT molecular complexity index is 32.7. The van der Waals surface area contributed by atoms with Gasteiger partial charge in [-0.15, -0.1) is 0 Å². The van der Waals surface area contributed by atoms with Crippen molar-refractivity contribution in [2.45, 2.75) is 0 Å². The number of hydrogen-bond donors (Lipinski definition) is 1. The summed E-state index contributed by atoms with van der Waals surface area (Å²) in [7, 11) is 0. The molecule has 0 bridgehead atoms. The van der Waals surface area contributed by atoms with E-state index in [4.69, 9.17) is 15.3 Å². The van der Waals surface area contributed by atoms with E-state index < -0.39 is 5.09 Å². The minimum Gasteiger partial charge on any atom is -0.870 e. The Morgan fingerprint density at radius 3 is 1.29 bits per heavy atom. The van der Waals surface area contributed by atoms with Gasteiger partial charge in [-0.3, -0.25) is 0 Å². The number of hydrogen-bond acceptors (Lipinski definition) is 4. The molecule has 0 rings (SSSR count). The van der Waals surface area contributed by atoms with Gasteiger partial charge in [-0.05, 0) is 0 Å². The molecule has 0 aromatic heterocycles. The third-order valence-corrected chi connectivity index (χ3v) is 0. The van der Waals surface area contributed by atoms with Crippen LogP contribution in [-0.2, 0) is 32.7 Å². The van der Waals surface area contributed by atoms with Gasteiger partial charge in [0.1, 0.15) is 0 Å². The number of nitrogens with zero attached hydrogens (tertiary/aromatic N) is 1. The second-order valence-electron chi connectivity index (χ2n) is 0.224. The van der Waals surface area contributed by atoms with Gasteiger partial charge in [-0.1, -0.05) is 0 Å². The van der Waals surface area contributed by atoms with Crippen molar-refractivity contribution >= 4 is 0 Å². The summed E-state index contributed by atoms with van der Waals surface area (Å²) in [5.74, 6) is 0. The van der Waals surface area contributed by atoms with Crippen LogP contribution in [0.15, 0.2) is 0 Å². The first-order valence-corrected chi connectivity index (χ1v) is 0.548. The molecule has 0 heterocycles. The summed E-state index contributed by atoms with van der Waals surface area (Å²) >= 11 is 0. The van der Waals surface area contributed by atoms with E-state index in [1.807, 2.05) is 0 Å². The Kier molecular flexibility index (Phi) is 62.9. The summed E-state index contributed by atoms with van der Waals surface area (Å²) in [6.45, 7) is 0. The van der Waals surface area contributed by atoms with Gasteiger partial charge in [-0.2, -0.15) is 0 Å². The predicted molar refractivity (Wildman–Crippen MR) is 18.3 cm³/mol. The molecule has 7 heavy (non-hydrogen) atoms. The van der Waals surface area contributed by atoms with Crippen molar-refractivity contribution in [3.8, 4) is 0 Å². The molecule has 1 radical (unpaired) electrons. The van der Waals surface area contributed by atoms with Crippen LogP contribution >= 0.6 is 0 Å². The molecular formula is H5N2O4Y-. The Morgan fingerprint density at radius 1 is 1.29 bits per heavy atom. The molecule has 0 aliphatic carbocycles. The molecule has 0 saturated carbocycles. The van der Waals surface area contributed by atoms with Crippen molar-refractivity contribution in [1.82, 2.24) is 6.15 Å². The van der Waals surface area contributed by atoms with E-state index in [0.29, 0.717) is 0 Å². The molecule has 7 heteroatoms. The molecule has 0 aromatic carbocycles. The van der Waals surface area contributed by atoms with E-state index in [-0.39, 0.29) is 44.3 Å². The second kappa shape index (κ2) is 16.3. The van der Waals surface area contributed by atoms with Crippen LogP contribution in [0.3, 0.4) is 0 Å². The van der Waals surface area contributed by atoms with Crippen molar-refractivity contribution in [3.63, 3.8) is 0 Å². The first kappa shape index (κ1) is 26.9. The predicted octanol–water partition coefficient (Wildman–Crippen LogP) is -0.0422. The van der Waals surface area contributed by atoms with Crippen molar-refractivity contribution in [2.24, 2.45) is 0 Å². The maximum absolute atomic E-state index is 8.25. The summed E-state index contributed by atoms with van der Waals surface area (Å²) in [6, 6.07) is 0. The first-order valence-electron chi connectivity index (χ1n) is 0.548. The standard InChI is InChI=1S/NO3.H3N.H2O.Y/c2-1(3)4;;;/h;1H3;1H2;/q-1;;;. The van der Waals surface area contributed by atoms with Gasteiger partial charge in [-0.25, -0.2) is 0 Å². The average Bonchev–Trinajstić information content (AvgIpc) is 0.811. The van der Waals surface area contributed by atoms with Crippen molar-refractivity contribution in [2.75, 3.05) is 0 Å². The zero-order valence-electron chi connectivity index (χ0n) is 3.70. The molecular weight excluding hydrogens is 181 g/mol. The molecule has 0 amide bonds. The summed E-state index contributed by atoms with van der Waals surface area (Å²) < 4.78 is 0. The molecule has 0 aliphatic rings. The summed E-state index contributed by atoms with van der Waals surface area (Å²) in [4.78, 5) is 8.25. The molecule has 6 nitrogen and oxygen atoms in total. The van der Waals surface area contributed by atoms with Crippen LogP contribution in [0.5, 0.6) is 0 Å². The SMILES string of the molecule is O=[N+]([O-])[O-].[NH4+].[OH-].[Y]. The minimum atomic E-state index is -1.75. The van der Waals surface area contributed by atoms with Crippen molar-refractivity contribution < 1.29 is 43.3 Å². The summed E-state index contributed by atoms with van der Waals surface area (Å²) in [5.41, 5.74) is 0. The Balaban J connectivity index is -0.0000000150. The smallest absolute Gasteiger partial charge is 0.0689 e. The van der Waals surface area contributed by atoms with E-state index in [1.165, 1.54) is 0 Å². The fourth-order valence-electron chi connectivity index (χ4n) is 0. The number of rotatable bonds is 0. The minimum absolute atomic E-state index is 0. The van der Waals surface area contributed by atoms with E-state index in [1.54, 1.807) is 0 Å². The Labute approximate surface area is 64.8 Å². The molecule has 0 atom stereocenters. The largest absolute Gasteiger partial charge is 0.870 e. The third kappa shape index (κ3) is 2220. The normalized spacial score (nSPS) is 3.43. The monoisotopic (exact) mass is 186 g/mol. The van der Waals surface area contributed by atoms with Crippen LogP contribution in [0.4, 0.5) is 0 Å². The Morgan fingerprint density at radius 2 is 1.29 bits per heavy atom. The van der Waals surface area contributed by atoms with Gasteiger partial charge >= 0.3 is 0 Å². The van der Waals surface area contributed by atoms with Gasteiger partial charge in [0, 0.05) is 32.7 Å². The van der Waals surface area contributed by atoms with Crippen LogP contribution in [0.2, 0.25) is 0 Å². The maximum Gasteiger partial charge on any atom is 0.0689 e. The van der Waals surface area contributed by atoms with Crippen LogP contribution < -0.4 is 6.15 Å². The first-order chi connectivity index (χ1) is 1.73. The van der Waals surface area contributed by atoms with Crippen LogP contribution in [-0.4, -0.2) is 10.6 Å². The zero-order valence-corrected chi connectivity index (χ0v) is 6.53. The van der Waals surface area contributed by atoms with E-state index in [2.05, 4.69) is 0 Å². The molecule has 0 fully saturated rings. The van der Waals surface area contributed by atoms with Gasteiger partial charge < -0.3 is 26.9 Å². The van der Waals surface area contributed by atoms with E-state index >= 15 is 0 Å². The second-order valence-corrected chi connectivity index (χ2v) is 0.224. The van der Waals surface area contributed by atoms with Crippen LogP contribution in [0, 0.1) is 15.3 Å². The molecule has 5 N–H and O–H groups in total. The van der Waals surface area contributed by atoms with Crippen molar-refractivity contribution in [1.29, 1.82) is 0 Å². The molecule has 0 spiro atoms. The molecule has 43 valence electrons. The van der Waals surface area contributed by atoms with Crippen LogP contribution in [0.1, 0.15) is 0 Å². The summed E-state index contributed by atoms with van der Waals surface area (Å²) in [6.07, 6.45) is 0. The maximum atomic E-state index is 8.25. The fourth-order valence-corrected chi connectivity index (χ4v) is 0. The molecule has 0 aromatic rings. The van der Waals surface area contributed by atoms with Gasteiger partial charge in [0.15, 0.2) is 0 Å². The number of quaternary nitrogens is 1. The summed E-state index contributed by atoms with van der Waals surface area (Å²) in [5, 5.41) is 14.8.